The Hall–Kier alpha value is -1.18. The lowest BCUT2D eigenvalue weighted by Gasteiger charge is -2.15. The maximum Gasteiger partial charge on any atom is 0.183 e. The molecule has 0 spiro atoms. The van der Waals surface area contributed by atoms with E-state index in [1.165, 1.54) is 11.3 Å². The van der Waals surface area contributed by atoms with E-state index in [0.717, 1.165) is 47.5 Å². The smallest absolute Gasteiger partial charge is 0.183 e. The summed E-state index contributed by atoms with van der Waals surface area (Å²) in [5, 5.41) is 15.6. The maximum absolute atomic E-state index is 6.27. The highest BCUT2D eigenvalue weighted by Crippen LogP contribution is 2.36. The van der Waals surface area contributed by atoms with Gasteiger partial charge in [-0.3, -0.25) is 0 Å². The van der Waals surface area contributed by atoms with E-state index in [1.54, 1.807) is 6.07 Å². The minimum absolute atomic E-state index is 0. The number of halogens is 3. The predicted molar refractivity (Wildman–Crippen MR) is 95.5 cm³/mol. The van der Waals surface area contributed by atoms with Crippen LogP contribution in [0.4, 0.5) is 0 Å². The minimum Gasteiger partial charge on any atom is -0.308 e. The quantitative estimate of drug-likeness (QED) is 0.723. The predicted octanol–water partition coefficient (Wildman–Crippen LogP) is 3.90. The number of benzene rings is 1. The number of hydrogen-bond donors (Lipinski definition) is 1. The highest BCUT2D eigenvalue weighted by Gasteiger charge is 2.19. The van der Waals surface area contributed by atoms with Crippen LogP contribution in [0.2, 0.25) is 10.0 Å². The second kappa shape index (κ2) is 6.75. The molecule has 0 unspecified atom stereocenters. The lowest BCUT2D eigenvalue weighted by molar-refractivity contribution is 0.508. The molecule has 2 aromatic heterocycles. The SMILES string of the molecule is Cl.Clc1cccc(-c2nc(-c3nnc4n3CCNC4)cs2)c1Cl. The zero-order valence-electron chi connectivity index (χ0n) is 11.8. The summed E-state index contributed by atoms with van der Waals surface area (Å²) in [4.78, 5) is 4.66. The molecule has 0 fully saturated rings. The highest BCUT2D eigenvalue weighted by molar-refractivity contribution is 7.13. The summed E-state index contributed by atoms with van der Waals surface area (Å²) in [6.45, 7) is 2.50. The molecule has 0 bridgehead atoms. The number of thiazole rings is 1. The summed E-state index contributed by atoms with van der Waals surface area (Å²) < 4.78 is 2.11. The third kappa shape index (κ3) is 2.97. The Morgan fingerprint density at radius 3 is 2.96 bits per heavy atom. The van der Waals surface area contributed by atoms with Crippen molar-refractivity contribution in [2.75, 3.05) is 6.54 Å². The van der Waals surface area contributed by atoms with Crippen molar-refractivity contribution >= 4 is 46.9 Å². The van der Waals surface area contributed by atoms with Crippen molar-refractivity contribution in [3.8, 4) is 22.1 Å². The second-order valence-corrected chi connectivity index (χ2v) is 6.55. The summed E-state index contributed by atoms with van der Waals surface area (Å²) in [5.41, 5.74) is 1.65. The second-order valence-electron chi connectivity index (χ2n) is 4.91. The number of fused-ring (bicyclic) bond motifs is 1. The van der Waals surface area contributed by atoms with Gasteiger partial charge in [-0.05, 0) is 6.07 Å². The number of aromatic nitrogens is 4. The average molecular weight is 389 g/mol. The van der Waals surface area contributed by atoms with Crippen LogP contribution < -0.4 is 5.32 Å². The minimum atomic E-state index is 0. The molecule has 0 saturated carbocycles. The van der Waals surface area contributed by atoms with E-state index in [4.69, 9.17) is 23.2 Å². The molecule has 9 heteroatoms. The zero-order chi connectivity index (χ0) is 15.1. The summed E-state index contributed by atoms with van der Waals surface area (Å²) in [6.07, 6.45) is 0. The normalized spacial score (nSPS) is 13.5. The topological polar surface area (TPSA) is 55.6 Å². The van der Waals surface area contributed by atoms with E-state index >= 15 is 0 Å². The summed E-state index contributed by atoms with van der Waals surface area (Å²) in [6, 6.07) is 5.55. The van der Waals surface area contributed by atoms with Crippen LogP contribution in [0.15, 0.2) is 23.6 Å². The Morgan fingerprint density at radius 1 is 1.22 bits per heavy atom. The molecule has 0 radical (unpaired) electrons. The van der Waals surface area contributed by atoms with Crippen LogP contribution in [0.5, 0.6) is 0 Å². The van der Waals surface area contributed by atoms with Gasteiger partial charge in [-0.2, -0.15) is 0 Å². The Balaban J connectivity index is 0.00000156. The van der Waals surface area contributed by atoms with E-state index in [-0.39, 0.29) is 12.4 Å². The van der Waals surface area contributed by atoms with Crippen molar-refractivity contribution in [3.05, 3.63) is 39.4 Å². The van der Waals surface area contributed by atoms with Gasteiger partial charge in [-0.15, -0.1) is 33.9 Å². The molecule has 1 aliphatic rings. The van der Waals surface area contributed by atoms with Crippen LogP contribution in [-0.4, -0.2) is 26.3 Å². The molecular weight excluding hydrogens is 377 g/mol. The standard InChI is InChI=1S/C14H11Cl2N5S.ClH/c15-9-3-1-2-8(12(9)16)14-18-10(7-22-14)13-20-19-11-6-17-4-5-21(11)13;/h1-3,7,17H,4-6H2;1H. The van der Waals surface area contributed by atoms with Crippen LogP contribution in [-0.2, 0) is 13.1 Å². The van der Waals surface area contributed by atoms with Gasteiger partial charge in [0.15, 0.2) is 5.82 Å². The van der Waals surface area contributed by atoms with Crippen LogP contribution in [0.1, 0.15) is 5.82 Å². The van der Waals surface area contributed by atoms with Crippen LogP contribution >= 0.6 is 46.9 Å². The van der Waals surface area contributed by atoms with E-state index in [9.17, 15) is 0 Å². The number of nitrogens with one attached hydrogen (secondary N) is 1. The Morgan fingerprint density at radius 2 is 2.09 bits per heavy atom. The molecule has 0 aliphatic carbocycles. The molecule has 0 saturated heterocycles. The molecule has 1 N–H and O–H groups in total. The lowest BCUT2D eigenvalue weighted by Crippen LogP contribution is -2.28. The number of nitrogens with zero attached hydrogens (tertiary/aromatic N) is 4. The number of hydrogen-bond acceptors (Lipinski definition) is 5. The van der Waals surface area contributed by atoms with Gasteiger partial charge in [0.1, 0.15) is 16.5 Å². The summed E-state index contributed by atoms with van der Waals surface area (Å²) in [7, 11) is 0. The van der Waals surface area contributed by atoms with Crippen LogP contribution in [0.3, 0.4) is 0 Å². The first-order chi connectivity index (χ1) is 10.7. The van der Waals surface area contributed by atoms with Crippen LogP contribution in [0.25, 0.3) is 22.1 Å². The molecule has 23 heavy (non-hydrogen) atoms. The van der Waals surface area contributed by atoms with E-state index in [1.807, 2.05) is 17.5 Å². The van der Waals surface area contributed by atoms with Crippen molar-refractivity contribution in [1.82, 2.24) is 25.1 Å². The number of rotatable bonds is 2. The molecule has 4 rings (SSSR count). The molecule has 3 aromatic rings. The highest BCUT2D eigenvalue weighted by atomic mass is 35.5. The molecule has 1 aliphatic heterocycles. The van der Waals surface area contributed by atoms with Gasteiger partial charge in [0, 0.05) is 24.0 Å². The summed E-state index contributed by atoms with van der Waals surface area (Å²) >= 11 is 13.9. The van der Waals surface area contributed by atoms with Crippen molar-refractivity contribution in [2.24, 2.45) is 0 Å². The van der Waals surface area contributed by atoms with E-state index < -0.39 is 0 Å². The fraction of sp³-hybridized carbons (Fsp3) is 0.214. The fourth-order valence-electron chi connectivity index (χ4n) is 2.45. The van der Waals surface area contributed by atoms with Gasteiger partial charge in [0.2, 0.25) is 0 Å². The Kier molecular flexibility index (Phi) is 4.89. The van der Waals surface area contributed by atoms with Gasteiger partial charge in [0.05, 0.1) is 16.6 Å². The first-order valence-corrected chi connectivity index (χ1v) is 8.40. The summed E-state index contributed by atoms with van der Waals surface area (Å²) in [5.74, 6) is 1.74. The first kappa shape index (κ1) is 16.7. The first-order valence-electron chi connectivity index (χ1n) is 6.77. The van der Waals surface area contributed by atoms with E-state index in [0.29, 0.717) is 10.0 Å². The van der Waals surface area contributed by atoms with Crippen molar-refractivity contribution in [1.29, 1.82) is 0 Å². The van der Waals surface area contributed by atoms with Crippen molar-refractivity contribution in [2.45, 2.75) is 13.1 Å². The van der Waals surface area contributed by atoms with Gasteiger partial charge < -0.3 is 9.88 Å². The largest absolute Gasteiger partial charge is 0.308 e. The third-order valence-electron chi connectivity index (χ3n) is 3.54. The Bertz CT molecular complexity index is 845. The molecule has 5 nitrogen and oxygen atoms in total. The van der Waals surface area contributed by atoms with Crippen molar-refractivity contribution in [3.63, 3.8) is 0 Å². The average Bonchev–Trinajstić information content (AvgIpc) is 3.16. The van der Waals surface area contributed by atoms with Crippen LogP contribution in [0, 0.1) is 0 Å². The van der Waals surface area contributed by atoms with Gasteiger partial charge in [0.25, 0.3) is 0 Å². The third-order valence-corrected chi connectivity index (χ3v) is 5.23. The molecule has 0 amide bonds. The Labute approximate surface area is 153 Å². The van der Waals surface area contributed by atoms with E-state index in [2.05, 4.69) is 25.1 Å². The van der Waals surface area contributed by atoms with Gasteiger partial charge in [-0.25, -0.2) is 4.98 Å². The monoisotopic (exact) mass is 387 g/mol. The molecule has 3 heterocycles. The molecule has 1 aromatic carbocycles. The molecule has 0 atom stereocenters. The molecular formula is C14H12Cl3N5S. The lowest BCUT2D eigenvalue weighted by atomic mass is 10.2. The van der Waals surface area contributed by atoms with Gasteiger partial charge >= 0.3 is 0 Å². The fourth-order valence-corrected chi connectivity index (χ4v) is 3.73. The molecule has 120 valence electrons. The zero-order valence-corrected chi connectivity index (χ0v) is 14.9. The maximum atomic E-state index is 6.27. The van der Waals surface area contributed by atoms with Crippen molar-refractivity contribution < 1.29 is 0 Å². The van der Waals surface area contributed by atoms with Gasteiger partial charge in [-0.1, -0.05) is 35.3 Å².